The number of fused-ring (bicyclic) bond motifs is 1. The lowest BCUT2D eigenvalue weighted by Gasteiger charge is -2.18. The molecule has 2 aromatic rings. The lowest BCUT2D eigenvalue weighted by molar-refractivity contribution is -0.384. The van der Waals surface area contributed by atoms with Crippen molar-refractivity contribution in [2.24, 2.45) is 5.10 Å². The molecule has 1 amide bonds. The molecule has 2 aromatic carbocycles. The van der Waals surface area contributed by atoms with Gasteiger partial charge in [-0.15, -0.1) is 0 Å². The summed E-state index contributed by atoms with van der Waals surface area (Å²) < 4.78 is 0. The number of non-ortho nitro benzene ring substituents is 1. The Morgan fingerprint density at radius 2 is 2.00 bits per heavy atom. The molecule has 0 atom stereocenters. The van der Waals surface area contributed by atoms with Crippen LogP contribution in [0.5, 0.6) is 0 Å². The summed E-state index contributed by atoms with van der Waals surface area (Å²) in [5.41, 5.74) is 6.75. The van der Waals surface area contributed by atoms with Gasteiger partial charge in [0.15, 0.2) is 0 Å². The van der Waals surface area contributed by atoms with Crippen LogP contribution >= 0.6 is 0 Å². The molecule has 0 aromatic heterocycles. The van der Waals surface area contributed by atoms with E-state index in [0.29, 0.717) is 5.56 Å². The molecule has 0 aliphatic heterocycles. The maximum atomic E-state index is 12.1. The van der Waals surface area contributed by atoms with Gasteiger partial charge in [0.2, 0.25) is 5.91 Å². The van der Waals surface area contributed by atoms with Gasteiger partial charge in [-0.2, -0.15) is 5.10 Å². The lowest BCUT2D eigenvalue weighted by Crippen LogP contribution is -2.21. The van der Waals surface area contributed by atoms with Crippen LogP contribution in [0.25, 0.3) is 0 Å². The van der Waals surface area contributed by atoms with Gasteiger partial charge in [0.05, 0.1) is 17.6 Å². The zero-order valence-electron chi connectivity index (χ0n) is 13.8. The van der Waals surface area contributed by atoms with Crippen LogP contribution in [0.3, 0.4) is 0 Å². The van der Waals surface area contributed by atoms with Crippen LogP contribution in [0.4, 0.5) is 5.69 Å². The smallest absolute Gasteiger partial charge is 0.270 e. The molecule has 0 radical (unpaired) electrons. The molecular formula is C19H19N3O3. The minimum absolute atomic E-state index is 0.00816. The molecule has 6 heteroatoms. The zero-order valence-corrected chi connectivity index (χ0v) is 13.8. The third-order valence-electron chi connectivity index (χ3n) is 4.33. The number of amides is 1. The van der Waals surface area contributed by atoms with E-state index in [1.807, 2.05) is 12.1 Å². The zero-order chi connectivity index (χ0) is 17.6. The number of hydrazone groups is 1. The average Bonchev–Trinajstić information content (AvgIpc) is 2.62. The van der Waals surface area contributed by atoms with E-state index in [1.54, 1.807) is 12.1 Å². The Morgan fingerprint density at radius 1 is 1.20 bits per heavy atom. The van der Waals surface area contributed by atoms with Crippen LogP contribution < -0.4 is 5.43 Å². The molecule has 0 saturated heterocycles. The molecule has 1 aliphatic carbocycles. The Labute approximate surface area is 145 Å². The number of carbonyl (C=O) groups is 1. The SMILES string of the molecule is O=C(Cc1cccc2c1CCCC2)N/N=C\c1cccc([N+](=O)[O-])c1. The van der Waals surface area contributed by atoms with E-state index < -0.39 is 4.92 Å². The molecule has 1 aliphatic rings. The third-order valence-corrected chi connectivity index (χ3v) is 4.33. The fourth-order valence-electron chi connectivity index (χ4n) is 3.14. The van der Waals surface area contributed by atoms with Gasteiger partial charge >= 0.3 is 0 Å². The number of carbonyl (C=O) groups excluding carboxylic acids is 1. The van der Waals surface area contributed by atoms with Crippen LogP contribution in [0, 0.1) is 10.1 Å². The monoisotopic (exact) mass is 337 g/mol. The van der Waals surface area contributed by atoms with Crippen molar-refractivity contribution in [3.8, 4) is 0 Å². The first kappa shape index (κ1) is 16.8. The summed E-state index contributed by atoms with van der Waals surface area (Å²) >= 11 is 0. The molecule has 3 rings (SSSR count). The topological polar surface area (TPSA) is 84.6 Å². The second kappa shape index (κ2) is 7.70. The van der Waals surface area contributed by atoms with E-state index in [0.717, 1.165) is 24.8 Å². The first-order valence-electron chi connectivity index (χ1n) is 8.29. The van der Waals surface area contributed by atoms with E-state index in [-0.39, 0.29) is 18.0 Å². The highest BCUT2D eigenvalue weighted by Gasteiger charge is 2.14. The number of aryl methyl sites for hydroxylation is 1. The van der Waals surface area contributed by atoms with Crippen LogP contribution in [-0.4, -0.2) is 17.0 Å². The Bertz CT molecular complexity index is 830. The van der Waals surface area contributed by atoms with Gasteiger partial charge in [0, 0.05) is 17.7 Å². The second-order valence-electron chi connectivity index (χ2n) is 6.08. The fourth-order valence-corrected chi connectivity index (χ4v) is 3.14. The number of nitro groups is 1. The number of hydrogen-bond donors (Lipinski definition) is 1. The summed E-state index contributed by atoms with van der Waals surface area (Å²) in [5, 5.41) is 14.7. The lowest BCUT2D eigenvalue weighted by atomic mass is 9.87. The van der Waals surface area contributed by atoms with Crippen LogP contribution in [0.2, 0.25) is 0 Å². The average molecular weight is 337 g/mol. The van der Waals surface area contributed by atoms with Crippen molar-refractivity contribution < 1.29 is 9.72 Å². The molecule has 128 valence electrons. The van der Waals surface area contributed by atoms with Gasteiger partial charge in [-0.25, -0.2) is 5.43 Å². The van der Waals surface area contributed by atoms with Crippen LogP contribution in [0.1, 0.15) is 35.1 Å². The van der Waals surface area contributed by atoms with Gasteiger partial charge < -0.3 is 0 Å². The summed E-state index contributed by atoms with van der Waals surface area (Å²) in [6.07, 6.45) is 6.17. The maximum Gasteiger partial charge on any atom is 0.270 e. The molecule has 0 saturated carbocycles. The van der Waals surface area contributed by atoms with Gasteiger partial charge in [-0.1, -0.05) is 30.3 Å². The van der Waals surface area contributed by atoms with Crippen molar-refractivity contribution >= 4 is 17.8 Å². The number of nitrogens with zero attached hydrogens (tertiary/aromatic N) is 2. The summed E-state index contributed by atoms with van der Waals surface area (Å²) in [6, 6.07) is 12.2. The van der Waals surface area contributed by atoms with Crippen molar-refractivity contribution in [2.75, 3.05) is 0 Å². The Morgan fingerprint density at radius 3 is 2.84 bits per heavy atom. The van der Waals surface area contributed by atoms with Gasteiger partial charge in [0.1, 0.15) is 0 Å². The molecule has 0 spiro atoms. The van der Waals surface area contributed by atoms with Crippen molar-refractivity contribution in [2.45, 2.75) is 32.1 Å². The molecule has 1 N–H and O–H groups in total. The quantitative estimate of drug-likeness (QED) is 0.517. The number of rotatable bonds is 5. The number of nitro benzene ring substituents is 1. The van der Waals surface area contributed by atoms with E-state index in [4.69, 9.17) is 0 Å². The van der Waals surface area contributed by atoms with Crippen LogP contribution in [-0.2, 0) is 24.1 Å². The highest BCUT2D eigenvalue weighted by atomic mass is 16.6. The van der Waals surface area contributed by atoms with Crippen molar-refractivity contribution in [3.05, 3.63) is 74.8 Å². The summed E-state index contributed by atoms with van der Waals surface area (Å²) in [7, 11) is 0. The van der Waals surface area contributed by atoms with Crippen molar-refractivity contribution in [3.63, 3.8) is 0 Å². The standard InChI is InChI=1S/C19H19N3O3/c23-19(12-16-8-4-7-15-6-1-2-10-18(15)16)21-20-13-14-5-3-9-17(11-14)22(24)25/h3-5,7-9,11,13H,1-2,6,10,12H2,(H,21,23)/b20-13-. The number of hydrogen-bond acceptors (Lipinski definition) is 4. The predicted octanol–water partition coefficient (Wildman–Crippen LogP) is 3.17. The molecule has 25 heavy (non-hydrogen) atoms. The molecule has 0 unspecified atom stereocenters. The highest BCUT2D eigenvalue weighted by Crippen LogP contribution is 2.24. The Hall–Kier alpha value is -3.02. The highest BCUT2D eigenvalue weighted by molar-refractivity contribution is 5.84. The van der Waals surface area contributed by atoms with Gasteiger partial charge in [-0.05, 0) is 42.4 Å². The molecule has 0 heterocycles. The van der Waals surface area contributed by atoms with E-state index in [1.165, 1.54) is 35.9 Å². The normalized spacial score (nSPS) is 13.4. The maximum absolute atomic E-state index is 12.1. The molecule has 0 fully saturated rings. The van der Waals surface area contributed by atoms with E-state index >= 15 is 0 Å². The Balaban J connectivity index is 1.62. The molecule has 0 bridgehead atoms. The third kappa shape index (κ3) is 4.29. The van der Waals surface area contributed by atoms with Crippen molar-refractivity contribution in [1.82, 2.24) is 5.43 Å². The van der Waals surface area contributed by atoms with Crippen molar-refractivity contribution in [1.29, 1.82) is 0 Å². The minimum atomic E-state index is -0.464. The minimum Gasteiger partial charge on any atom is -0.273 e. The molecule has 6 nitrogen and oxygen atoms in total. The van der Waals surface area contributed by atoms with Crippen LogP contribution in [0.15, 0.2) is 47.6 Å². The fraction of sp³-hybridized carbons (Fsp3) is 0.263. The van der Waals surface area contributed by atoms with Gasteiger partial charge in [0.25, 0.3) is 5.69 Å². The number of nitrogens with one attached hydrogen (secondary N) is 1. The molecular weight excluding hydrogens is 318 g/mol. The summed E-state index contributed by atoms with van der Waals surface area (Å²) in [6.45, 7) is 0. The second-order valence-corrected chi connectivity index (χ2v) is 6.08. The summed E-state index contributed by atoms with van der Waals surface area (Å²) in [4.78, 5) is 22.4. The first-order chi connectivity index (χ1) is 12.1. The Kier molecular flexibility index (Phi) is 5.18. The first-order valence-corrected chi connectivity index (χ1v) is 8.29. The number of benzene rings is 2. The predicted molar refractivity (Wildman–Crippen MR) is 95.6 cm³/mol. The van der Waals surface area contributed by atoms with Gasteiger partial charge in [-0.3, -0.25) is 14.9 Å². The largest absolute Gasteiger partial charge is 0.273 e. The summed E-state index contributed by atoms with van der Waals surface area (Å²) in [5.74, 6) is -0.194. The van der Waals surface area contributed by atoms with E-state index in [9.17, 15) is 14.9 Å². The van der Waals surface area contributed by atoms with E-state index in [2.05, 4.69) is 16.6 Å².